The molecular formula is C26H30N8O4. The molecule has 0 saturated heterocycles. The molecule has 12 heteroatoms. The number of ether oxygens (including phenoxy) is 1. The van der Waals surface area contributed by atoms with Crippen LogP contribution in [-0.4, -0.2) is 76.3 Å². The number of H-pyrrole nitrogens is 2. The molecule has 3 amide bonds. The summed E-state index contributed by atoms with van der Waals surface area (Å²) in [6.45, 7) is 4.94. The maximum absolute atomic E-state index is 13.7. The molecule has 0 unspecified atom stereocenters. The fourth-order valence-corrected chi connectivity index (χ4v) is 3.92. The van der Waals surface area contributed by atoms with Crippen LogP contribution in [0, 0.1) is 13.8 Å². The van der Waals surface area contributed by atoms with Gasteiger partial charge in [0, 0.05) is 19.2 Å². The van der Waals surface area contributed by atoms with E-state index in [1.165, 1.54) is 11.2 Å². The lowest BCUT2D eigenvalue weighted by molar-refractivity contribution is -0.123. The van der Waals surface area contributed by atoms with Crippen molar-refractivity contribution in [2.45, 2.75) is 13.8 Å². The molecule has 2 aromatic carbocycles. The molecule has 2 aromatic heterocycles. The van der Waals surface area contributed by atoms with Crippen LogP contribution < -0.4 is 20.7 Å². The van der Waals surface area contributed by atoms with Gasteiger partial charge in [-0.1, -0.05) is 17.7 Å². The number of carbonyl (C=O) groups excluding carboxylic acids is 3. The number of rotatable bonds is 10. The maximum atomic E-state index is 13.7. The van der Waals surface area contributed by atoms with Crippen LogP contribution in [0.5, 0.6) is 5.75 Å². The van der Waals surface area contributed by atoms with Crippen molar-refractivity contribution >= 4 is 40.4 Å². The van der Waals surface area contributed by atoms with Crippen LogP contribution in [0.4, 0.5) is 11.6 Å². The summed E-state index contributed by atoms with van der Waals surface area (Å²) in [6, 6.07) is 10.8. The van der Waals surface area contributed by atoms with Crippen molar-refractivity contribution in [3.05, 3.63) is 65.2 Å². The summed E-state index contributed by atoms with van der Waals surface area (Å²) >= 11 is 0. The lowest BCUT2D eigenvalue weighted by Crippen LogP contribution is -2.34. The molecule has 0 aliphatic heterocycles. The Hall–Kier alpha value is -4.71. The van der Waals surface area contributed by atoms with Gasteiger partial charge >= 0.3 is 0 Å². The first-order valence-corrected chi connectivity index (χ1v) is 11.9. The van der Waals surface area contributed by atoms with E-state index < -0.39 is 11.8 Å². The number of hydrogen-bond acceptors (Lipinski definition) is 7. The van der Waals surface area contributed by atoms with Gasteiger partial charge in [-0.2, -0.15) is 0 Å². The van der Waals surface area contributed by atoms with E-state index in [2.05, 4.69) is 25.3 Å². The van der Waals surface area contributed by atoms with Gasteiger partial charge in [-0.15, -0.1) is 0 Å². The zero-order valence-corrected chi connectivity index (χ0v) is 21.7. The number of fused-ring (bicyclic) bond motifs is 1. The molecule has 0 spiro atoms. The highest BCUT2D eigenvalue weighted by Crippen LogP contribution is 2.31. The molecule has 0 fully saturated rings. The number of aromatic nitrogens is 4. The topological polar surface area (TPSA) is 162 Å². The summed E-state index contributed by atoms with van der Waals surface area (Å²) in [5.41, 5.74) is 8.79. The Bertz CT molecular complexity index is 1490. The average molecular weight is 519 g/mol. The molecule has 2 heterocycles. The second-order valence-electron chi connectivity index (χ2n) is 9.10. The largest absolute Gasteiger partial charge is 0.484 e. The van der Waals surface area contributed by atoms with Crippen molar-refractivity contribution < 1.29 is 19.1 Å². The molecule has 5 N–H and O–H groups in total. The summed E-state index contributed by atoms with van der Waals surface area (Å²) in [6.07, 6.45) is 1.24. The number of benzene rings is 2. The third-order valence-corrected chi connectivity index (χ3v) is 5.79. The fourth-order valence-electron chi connectivity index (χ4n) is 3.92. The normalized spacial score (nSPS) is 11.1. The molecular weight excluding hydrogens is 488 g/mol. The van der Waals surface area contributed by atoms with Gasteiger partial charge in [0.2, 0.25) is 5.95 Å². The number of nitrogens with one attached hydrogen (secondary N) is 3. The third kappa shape index (κ3) is 5.81. The Morgan fingerprint density at radius 1 is 1.11 bits per heavy atom. The second-order valence-corrected chi connectivity index (χ2v) is 9.10. The Morgan fingerprint density at radius 3 is 2.61 bits per heavy atom. The van der Waals surface area contributed by atoms with Crippen molar-refractivity contribution in [1.29, 1.82) is 0 Å². The highest BCUT2D eigenvalue weighted by molar-refractivity contribution is 6.14. The number of aromatic amines is 2. The van der Waals surface area contributed by atoms with Gasteiger partial charge in [0.25, 0.3) is 17.7 Å². The minimum Gasteiger partial charge on any atom is -0.484 e. The monoisotopic (exact) mass is 518 g/mol. The molecule has 38 heavy (non-hydrogen) atoms. The first-order valence-electron chi connectivity index (χ1n) is 11.9. The van der Waals surface area contributed by atoms with Crippen LogP contribution in [-0.2, 0) is 4.79 Å². The number of nitrogens with two attached hydrogens (primary N) is 1. The Morgan fingerprint density at radius 2 is 1.89 bits per heavy atom. The van der Waals surface area contributed by atoms with Crippen molar-refractivity contribution in [3.63, 3.8) is 0 Å². The Balaban J connectivity index is 1.64. The standard InChI is InChI=1S/C26H30N8O4/c1-15-5-8-20(16(2)11-15)34(25(37)23-22(24(27)36)29-14-30-23)26-31-18-7-6-17(12-19(18)32-26)38-13-21(35)28-9-10-33(3)4/h5-8,11-12,14H,9-10,13H2,1-4H3,(H2,27,36)(H,28,35)(H,29,30)(H,31,32). The summed E-state index contributed by atoms with van der Waals surface area (Å²) in [4.78, 5) is 55.4. The molecule has 0 aliphatic carbocycles. The quantitative estimate of drug-likeness (QED) is 0.250. The van der Waals surface area contributed by atoms with Crippen LogP contribution in [0.3, 0.4) is 0 Å². The number of nitrogens with zero attached hydrogens (tertiary/aromatic N) is 4. The van der Waals surface area contributed by atoms with Gasteiger partial charge in [0.15, 0.2) is 12.3 Å². The van der Waals surface area contributed by atoms with E-state index in [0.717, 1.165) is 17.7 Å². The van der Waals surface area contributed by atoms with Gasteiger partial charge in [-0.25, -0.2) is 14.9 Å². The number of likely N-dealkylation sites (N-methyl/N-ethyl adjacent to an activating group) is 1. The van der Waals surface area contributed by atoms with Gasteiger partial charge in [0.1, 0.15) is 11.4 Å². The molecule has 0 saturated carbocycles. The minimum atomic E-state index is -0.827. The van der Waals surface area contributed by atoms with Crippen LogP contribution in [0.15, 0.2) is 42.7 Å². The van der Waals surface area contributed by atoms with Crippen LogP contribution in [0.2, 0.25) is 0 Å². The van der Waals surface area contributed by atoms with Crippen LogP contribution >= 0.6 is 0 Å². The minimum absolute atomic E-state index is 0.0535. The molecule has 0 radical (unpaired) electrons. The number of anilines is 2. The summed E-state index contributed by atoms with van der Waals surface area (Å²) < 4.78 is 5.65. The number of hydrogen-bond donors (Lipinski definition) is 4. The molecule has 4 rings (SSSR count). The lowest BCUT2D eigenvalue weighted by Gasteiger charge is -2.22. The highest BCUT2D eigenvalue weighted by atomic mass is 16.5. The van der Waals surface area contributed by atoms with E-state index in [0.29, 0.717) is 29.0 Å². The zero-order chi connectivity index (χ0) is 27.4. The molecule has 198 valence electrons. The SMILES string of the molecule is Cc1ccc(N(C(=O)c2[nH]cnc2C(N)=O)c2nc3ccc(OCC(=O)NCCN(C)C)cc3[nH]2)c(C)c1. The molecule has 0 bridgehead atoms. The fraction of sp³-hybridized carbons (Fsp3) is 0.269. The van der Waals surface area contributed by atoms with Gasteiger partial charge < -0.3 is 30.7 Å². The zero-order valence-electron chi connectivity index (χ0n) is 21.7. The second kappa shape index (κ2) is 11.1. The van der Waals surface area contributed by atoms with Gasteiger partial charge in [-0.05, 0) is 51.7 Å². The smallest absolute Gasteiger partial charge is 0.284 e. The van der Waals surface area contributed by atoms with E-state index in [4.69, 9.17) is 10.5 Å². The highest BCUT2D eigenvalue weighted by Gasteiger charge is 2.29. The van der Waals surface area contributed by atoms with E-state index in [1.54, 1.807) is 24.3 Å². The Labute approximate surface area is 219 Å². The molecule has 4 aromatic rings. The third-order valence-electron chi connectivity index (χ3n) is 5.79. The molecule has 0 aliphatic rings. The van der Waals surface area contributed by atoms with Crippen molar-refractivity contribution in [1.82, 2.24) is 30.2 Å². The van der Waals surface area contributed by atoms with Crippen molar-refractivity contribution in [3.8, 4) is 5.75 Å². The first-order chi connectivity index (χ1) is 18.1. The van der Waals surface area contributed by atoms with Gasteiger partial charge in [0.05, 0.1) is 23.0 Å². The first kappa shape index (κ1) is 26.4. The van der Waals surface area contributed by atoms with Gasteiger partial charge in [-0.3, -0.25) is 14.4 Å². The maximum Gasteiger partial charge on any atom is 0.284 e. The number of carbonyl (C=O) groups is 3. The summed E-state index contributed by atoms with van der Waals surface area (Å²) in [7, 11) is 3.86. The van der Waals surface area contributed by atoms with Crippen molar-refractivity contribution in [2.24, 2.45) is 5.73 Å². The van der Waals surface area contributed by atoms with Crippen molar-refractivity contribution in [2.75, 3.05) is 38.7 Å². The molecule has 0 atom stereocenters. The number of aryl methyl sites for hydroxylation is 2. The number of amides is 3. The van der Waals surface area contributed by atoms with E-state index >= 15 is 0 Å². The predicted octanol–water partition coefficient (Wildman–Crippen LogP) is 2.04. The van der Waals surface area contributed by atoms with E-state index in [1.807, 2.05) is 45.0 Å². The average Bonchev–Trinajstić information content (AvgIpc) is 3.51. The molecule has 12 nitrogen and oxygen atoms in total. The Kier molecular flexibility index (Phi) is 7.72. The van der Waals surface area contributed by atoms with Crippen LogP contribution in [0.25, 0.3) is 11.0 Å². The van der Waals surface area contributed by atoms with E-state index in [9.17, 15) is 14.4 Å². The predicted molar refractivity (Wildman–Crippen MR) is 143 cm³/mol. The number of primary amides is 1. The van der Waals surface area contributed by atoms with Crippen LogP contribution in [0.1, 0.15) is 32.1 Å². The number of imidazole rings is 2. The lowest BCUT2D eigenvalue weighted by atomic mass is 10.1. The van der Waals surface area contributed by atoms with E-state index in [-0.39, 0.29) is 29.9 Å². The summed E-state index contributed by atoms with van der Waals surface area (Å²) in [5, 5.41) is 2.80. The summed E-state index contributed by atoms with van der Waals surface area (Å²) in [5.74, 6) is -0.931.